The fourth-order valence-electron chi connectivity index (χ4n) is 12.5. The smallest absolute Gasteiger partial charge is 0.335 e. The van der Waals surface area contributed by atoms with Gasteiger partial charge in [0.2, 0.25) is 6.29 Å². The molecule has 4 fully saturated rings. The third kappa shape index (κ3) is 5.77. The first kappa shape index (κ1) is 38.5. The van der Waals surface area contributed by atoms with Crippen LogP contribution in [0.1, 0.15) is 72.1 Å². The van der Waals surface area contributed by atoms with E-state index in [4.69, 9.17) is 28.4 Å². The molecule has 4 aliphatic carbocycles. The summed E-state index contributed by atoms with van der Waals surface area (Å²) >= 11 is 0. The van der Waals surface area contributed by atoms with Crippen molar-refractivity contribution >= 4 is 11.9 Å². The van der Waals surface area contributed by atoms with E-state index in [1.165, 1.54) is 11.1 Å². The zero-order valence-electron chi connectivity index (χ0n) is 32.3. The number of aliphatic hydroxyl groups is 3. The van der Waals surface area contributed by atoms with Crippen molar-refractivity contribution in [3.05, 3.63) is 34.6 Å². The minimum atomic E-state index is -1.26. The van der Waals surface area contributed by atoms with Crippen LogP contribution >= 0.6 is 0 Å². The third-order valence-electron chi connectivity index (χ3n) is 15.4. The number of carboxylic acid groups (broad SMARTS) is 1. The molecule has 1 saturated carbocycles. The monoisotopic (exact) mass is 757 g/mol. The number of allylic oxidation sites excluding steroid dienone is 2. The summed E-state index contributed by atoms with van der Waals surface area (Å²) in [6.45, 7) is 8.00. The van der Waals surface area contributed by atoms with Crippen LogP contribution in [0.5, 0.6) is 0 Å². The van der Waals surface area contributed by atoms with Gasteiger partial charge in [0.25, 0.3) is 0 Å². The molecule has 13 nitrogen and oxygen atoms in total. The SMILES string of the molecule is CO[C@@]1(C(C)C)CCC2(CO1)[C@@H]1CCC3=C4C(CC3)[C@H](C(=O)OC[C@H]3O[C@@H](O[C@@H]5OC=C(C(=O)O)[C@H]6CC=C(CO)[C@@H]56)[C@H](O)[C@@H](C)[C@@H]3O)CC42CN(C)C1. The van der Waals surface area contributed by atoms with Crippen molar-refractivity contribution in [1.82, 2.24) is 4.90 Å². The number of aliphatic carboxylic acids is 1. The molecule has 54 heavy (non-hydrogen) atoms. The highest BCUT2D eigenvalue weighted by Crippen LogP contribution is 2.72. The Morgan fingerprint density at radius 2 is 1.87 bits per heavy atom. The van der Waals surface area contributed by atoms with Crippen LogP contribution in [-0.2, 0) is 38.0 Å². The highest BCUT2D eigenvalue weighted by molar-refractivity contribution is 5.87. The average Bonchev–Trinajstić information content (AvgIpc) is 3.86. The number of fused-ring (bicyclic) bond motifs is 1. The first-order valence-corrected chi connectivity index (χ1v) is 20.1. The molecule has 4 aliphatic heterocycles. The number of carbonyl (C=O) groups excluding carboxylic acids is 1. The second kappa shape index (κ2) is 14.2. The lowest BCUT2D eigenvalue weighted by molar-refractivity contribution is -0.331. The van der Waals surface area contributed by atoms with E-state index in [9.17, 15) is 30.0 Å². The number of esters is 1. The molecule has 300 valence electrons. The minimum Gasteiger partial charge on any atom is -0.478 e. The van der Waals surface area contributed by atoms with E-state index >= 15 is 0 Å². The molecule has 14 atom stereocenters. The van der Waals surface area contributed by atoms with Gasteiger partial charge in [0.1, 0.15) is 18.8 Å². The zero-order chi connectivity index (χ0) is 38.3. The predicted molar refractivity (Wildman–Crippen MR) is 192 cm³/mol. The van der Waals surface area contributed by atoms with E-state index in [1.807, 2.05) is 0 Å². The zero-order valence-corrected chi connectivity index (χ0v) is 32.3. The number of rotatable bonds is 9. The lowest BCUT2D eigenvalue weighted by Gasteiger charge is -2.62. The molecule has 13 heteroatoms. The summed E-state index contributed by atoms with van der Waals surface area (Å²) in [5, 5.41) is 42.1. The first-order valence-electron chi connectivity index (χ1n) is 20.1. The van der Waals surface area contributed by atoms with Gasteiger partial charge in [-0.05, 0) is 69.4 Å². The van der Waals surface area contributed by atoms with Crippen LogP contribution in [0, 0.1) is 52.3 Å². The molecule has 3 saturated heterocycles. The van der Waals surface area contributed by atoms with E-state index in [1.54, 1.807) is 20.1 Å². The van der Waals surface area contributed by atoms with E-state index in [0.29, 0.717) is 30.9 Å². The molecule has 0 radical (unpaired) electrons. The first-order chi connectivity index (χ1) is 25.8. The maximum Gasteiger partial charge on any atom is 0.335 e. The van der Waals surface area contributed by atoms with E-state index in [-0.39, 0.29) is 53.3 Å². The third-order valence-corrected chi connectivity index (χ3v) is 15.4. The molecule has 0 aromatic heterocycles. The van der Waals surface area contributed by atoms with Gasteiger partial charge in [0.15, 0.2) is 12.1 Å². The van der Waals surface area contributed by atoms with Crippen LogP contribution in [0.25, 0.3) is 0 Å². The largest absolute Gasteiger partial charge is 0.478 e. The number of hydrogen-bond donors (Lipinski definition) is 4. The van der Waals surface area contributed by atoms with E-state index < -0.39 is 60.4 Å². The van der Waals surface area contributed by atoms with Gasteiger partial charge in [0.05, 0.1) is 43.0 Å². The van der Waals surface area contributed by atoms with Gasteiger partial charge < -0.3 is 53.7 Å². The van der Waals surface area contributed by atoms with Gasteiger partial charge in [-0.25, -0.2) is 4.79 Å². The summed E-state index contributed by atoms with van der Waals surface area (Å²) in [6, 6.07) is 0. The molecule has 0 aromatic rings. The number of likely N-dealkylation sites (tertiary alicyclic amines) is 1. The van der Waals surface area contributed by atoms with Crippen LogP contribution in [-0.4, -0.2) is 121 Å². The quantitative estimate of drug-likeness (QED) is 0.199. The second-order valence-corrected chi connectivity index (χ2v) is 17.9. The summed E-state index contributed by atoms with van der Waals surface area (Å²) in [5.41, 5.74) is 3.40. The molecule has 2 bridgehead atoms. The summed E-state index contributed by atoms with van der Waals surface area (Å²) < 4.78 is 37.1. The standard InChI is InChI=1S/C41H59NO12/c1-21(2)41(49-5)13-12-39(20-52-41)25-9-6-23-7-11-27-28(14-40(39,32(23)27)19-42(4)15-25)36(48)50-18-30-33(44)22(3)34(45)38(53-30)54-37-31-24(16-43)8-10-26(31)29(17-51-37)35(46)47/h8,17,21-22,25-28,30-31,33-34,37-38,43-45H,6-7,9-16,18-20H2,1-5H3,(H,46,47)/t22-,25+,26+,27?,28+,30+,31+,33-,34+,37-,38-,39?,40?,41-/m0/s1. The topological polar surface area (TPSA) is 174 Å². The number of aliphatic hydroxyl groups excluding tert-OH is 3. The highest BCUT2D eigenvalue weighted by atomic mass is 16.8. The lowest BCUT2D eigenvalue weighted by Crippen LogP contribution is -2.64. The number of methoxy groups -OCH3 is 1. The van der Waals surface area contributed by atoms with Gasteiger partial charge in [0, 0.05) is 55.2 Å². The number of piperidine rings is 1. The van der Waals surface area contributed by atoms with Gasteiger partial charge >= 0.3 is 11.9 Å². The van der Waals surface area contributed by atoms with Crippen molar-refractivity contribution in [1.29, 1.82) is 0 Å². The van der Waals surface area contributed by atoms with Crippen molar-refractivity contribution in [3.63, 3.8) is 0 Å². The summed E-state index contributed by atoms with van der Waals surface area (Å²) in [7, 11) is 3.96. The number of ether oxygens (including phenoxy) is 6. The molecule has 8 aliphatic rings. The van der Waals surface area contributed by atoms with Gasteiger partial charge in [-0.2, -0.15) is 0 Å². The van der Waals surface area contributed by atoms with Crippen LogP contribution in [0.3, 0.4) is 0 Å². The lowest BCUT2D eigenvalue weighted by atomic mass is 9.50. The number of carbonyl (C=O) groups is 2. The molecule has 2 spiro atoms. The van der Waals surface area contributed by atoms with Crippen molar-refractivity contribution in [2.75, 3.05) is 47.1 Å². The Labute approximate surface area is 317 Å². The van der Waals surface area contributed by atoms with Crippen molar-refractivity contribution < 1.29 is 58.4 Å². The highest BCUT2D eigenvalue weighted by Gasteiger charge is 2.70. The fourth-order valence-corrected chi connectivity index (χ4v) is 12.5. The minimum absolute atomic E-state index is 0.0845. The van der Waals surface area contributed by atoms with E-state index in [2.05, 4.69) is 25.8 Å². The second-order valence-electron chi connectivity index (χ2n) is 17.9. The van der Waals surface area contributed by atoms with Crippen LogP contribution in [0.2, 0.25) is 0 Å². The van der Waals surface area contributed by atoms with Crippen LogP contribution in [0.15, 0.2) is 34.6 Å². The molecular formula is C41H59NO12. The maximum absolute atomic E-state index is 14.4. The molecule has 0 amide bonds. The fraction of sp³-hybridized carbons (Fsp3) is 0.805. The van der Waals surface area contributed by atoms with Gasteiger partial charge in [-0.3, -0.25) is 4.79 Å². The molecule has 4 N–H and O–H groups in total. The Hall–Kier alpha value is -2.36. The Morgan fingerprint density at radius 3 is 2.56 bits per heavy atom. The van der Waals surface area contributed by atoms with Crippen LogP contribution in [0.4, 0.5) is 0 Å². The molecular weight excluding hydrogens is 698 g/mol. The summed E-state index contributed by atoms with van der Waals surface area (Å²) in [5.74, 6) is -3.34. The Morgan fingerprint density at radius 1 is 1.09 bits per heavy atom. The predicted octanol–water partition coefficient (Wildman–Crippen LogP) is 3.37. The van der Waals surface area contributed by atoms with Gasteiger partial charge in [-0.1, -0.05) is 38.0 Å². The van der Waals surface area contributed by atoms with Crippen molar-refractivity contribution in [3.8, 4) is 0 Å². The molecule has 3 unspecified atom stereocenters. The molecule has 0 aromatic carbocycles. The van der Waals surface area contributed by atoms with E-state index in [0.717, 1.165) is 57.9 Å². The van der Waals surface area contributed by atoms with Crippen molar-refractivity contribution in [2.45, 2.75) is 109 Å². The Bertz CT molecular complexity index is 1580. The number of hydrogen-bond acceptors (Lipinski definition) is 12. The Kier molecular flexibility index (Phi) is 10.1. The van der Waals surface area contributed by atoms with Gasteiger partial charge in [-0.15, -0.1) is 0 Å². The van der Waals surface area contributed by atoms with Crippen molar-refractivity contribution in [2.24, 2.45) is 52.3 Å². The number of carboxylic acids is 1. The van der Waals surface area contributed by atoms with Crippen LogP contribution < -0.4 is 0 Å². The summed E-state index contributed by atoms with van der Waals surface area (Å²) in [6.07, 6.45) is 4.32. The Balaban J connectivity index is 0.997. The number of nitrogens with zero attached hydrogens (tertiary/aromatic N) is 1. The molecule has 8 rings (SSSR count). The maximum atomic E-state index is 14.4. The normalized spacial score (nSPS) is 45.8. The summed E-state index contributed by atoms with van der Waals surface area (Å²) in [4.78, 5) is 28.7. The average molecular weight is 758 g/mol. The molecule has 4 heterocycles.